The molecule has 3 unspecified atom stereocenters. The number of hydrogen-bond donors (Lipinski definition) is 1. The van der Waals surface area contributed by atoms with Gasteiger partial charge < -0.3 is 5.32 Å². The fraction of sp³-hybridized carbons (Fsp3) is 0.636. The summed E-state index contributed by atoms with van der Waals surface area (Å²) >= 11 is 0. The number of allylic oxidation sites excluding steroid dienone is 1. The Hall–Kier alpha value is -0.740. The Morgan fingerprint density at radius 2 is 2.25 bits per heavy atom. The predicted octanol–water partition coefficient (Wildman–Crippen LogP) is 1.95. The Balaban J connectivity index is 2.64. The van der Waals surface area contributed by atoms with Crippen LogP contribution in [0.3, 0.4) is 0 Å². The molecule has 1 heterocycles. The highest BCUT2D eigenvalue weighted by Crippen LogP contribution is 2.36. The molecular formula is C11H17N. The molecule has 1 aliphatic heterocycles. The van der Waals surface area contributed by atoms with Gasteiger partial charge in [-0.2, -0.15) is 0 Å². The summed E-state index contributed by atoms with van der Waals surface area (Å²) in [6, 6.07) is 1.27. The minimum absolute atomic E-state index is 0.242. The molecule has 0 amide bonds. The van der Waals surface area contributed by atoms with E-state index in [2.05, 4.69) is 38.1 Å². The Labute approximate surface area is 75.2 Å². The maximum atomic E-state index is 5.19. The summed E-state index contributed by atoms with van der Waals surface area (Å²) in [5.41, 5.74) is 0.242. The SMILES string of the molecule is C#C/C=C/C(C)(CC)C1NC1C. The zero-order chi connectivity index (χ0) is 9.19. The minimum Gasteiger partial charge on any atom is -0.308 e. The zero-order valence-corrected chi connectivity index (χ0v) is 8.09. The largest absolute Gasteiger partial charge is 0.308 e. The van der Waals surface area contributed by atoms with Crippen molar-refractivity contribution in [3.63, 3.8) is 0 Å². The van der Waals surface area contributed by atoms with E-state index in [0.29, 0.717) is 12.1 Å². The standard InChI is InChI=1S/C11H17N/c1-5-7-8-11(4,6-2)10-9(3)12-10/h1,7-10,12H,6H2,2-4H3/b8-7+. The molecule has 0 bridgehead atoms. The van der Waals surface area contributed by atoms with Crippen molar-refractivity contribution in [2.75, 3.05) is 0 Å². The van der Waals surface area contributed by atoms with Crippen LogP contribution in [0.1, 0.15) is 27.2 Å². The second-order valence-electron chi connectivity index (χ2n) is 3.79. The molecule has 1 N–H and O–H groups in total. The van der Waals surface area contributed by atoms with E-state index in [-0.39, 0.29) is 5.41 Å². The molecule has 0 aromatic rings. The van der Waals surface area contributed by atoms with E-state index in [1.54, 1.807) is 0 Å². The number of hydrogen-bond acceptors (Lipinski definition) is 1. The van der Waals surface area contributed by atoms with Crippen LogP contribution in [0.5, 0.6) is 0 Å². The van der Waals surface area contributed by atoms with E-state index in [4.69, 9.17) is 6.42 Å². The molecule has 0 aromatic heterocycles. The zero-order valence-electron chi connectivity index (χ0n) is 8.09. The molecule has 1 heteroatoms. The van der Waals surface area contributed by atoms with E-state index in [1.807, 2.05) is 6.08 Å². The van der Waals surface area contributed by atoms with E-state index in [0.717, 1.165) is 6.42 Å². The molecule has 1 aliphatic rings. The summed E-state index contributed by atoms with van der Waals surface area (Å²) in [5.74, 6) is 2.55. The van der Waals surface area contributed by atoms with Gasteiger partial charge in [-0.15, -0.1) is 6.42 Å². The molecule has 0 aliphatic carbocycles. The maximum Gasteiger partial charge on any atom is 0.0310 e. The van der Waals surface area contributed by atoms with Crippen molar-refractivity contribution in [3.05, 3.63) is 12.2 Å². The van der Waals surface area contributed by atoms with Gasteiger partial charge in [0.2, 0.25) is 0 Å². The molecule has 0 aromatic carbocycles. The predicted molar refractivity (Wildman–Crippen MR) is 52.8 cm³/mol. The van der Waals surface area contributed by atoms with Crippen molar-refractivity contribution >= 4 is 0 Å². The molecule has 1 nitrogen and oxygen atoms in total. The Bertz CT molecular complexity index is 224. The molecule has 66 valence electrons. The quantitative estimate of drug-likeness (QED) is 0.498. The molecule has 0 radical (unpaired) electrons. The fourth-order valence-electron chi connectivity index (χ4n) is 1.67. The smallest absolute Gasteiger partial charge is 0.0310 e. The van der Waals surface area contributed by atoms with E-state index in [9.17, 15) is 0 Å². The highest BCUT2D eigenvalue weighted by molar-refractivity contribution is 5.19. The number of nitrogens with one attached hydrogen (secondary N) is 1. The highest BCUT2D eigenvalue weighted by Gasteiger charge is 2.44. The average molecular weight is 163 g/mol. The minimum atomic E-state index is 0.242. The Kier molecular flexibility index (Phi) is 2.59. The first kappa shape index (κ1) is 9.35. The first-order chi connectivity index (χ1) is 5.64. The summed E-state index contributed by atoms with van der Waals surface area (Å²) in [5, 5.41) is 3.41. The van der Waals surface area contributed by atoms with Gasteiger partial charge in [0.25, 0.3) is 0 Å². The van der Waals surface area contributed by atoms with Gasteiger partial charge in [-0.05, 0) is 19.4 Å². The van der Waals surface area contributed by atoms with Gasteiger partial charge >= 0.3 is 0 Å². The first-order valence-corrected chi connectivity index (χ1v) is 4.54. The lowest BCUT2D eigenvalue weighted by molar-refractivity contribution is 0.395. The van der Waals surface area contributed by atoms with Crippen LogP contribution < -0.4 is 5.32 Å². The third kappa shape index (κ3) is 1.70. The van der Waals surface area contributed by atoms with Crippen LogP contribution in [0, 0.1) is 17.8 Å². The molecular weight excluding hydrogens is 146 g/mol. The molecule has 1 saturated heterocycles. The van der Waals surface area contributed by atoms with Crippen LogP contribution in [0.2, 0.25) is 0 Å². The van der Waals surface area contributed by atoms with Gasteiger partial charge in [-0.1, -0.05) is 25.8 Å². The molecule has 3 atom stereocenters. The van der Waals surface area contributed by atoms with E-state index < -0.39 is 0 Å². The van der Waals surface area contributed by atoms with Gasteiger partial charge in [0.05, 0.1) is 0 Å². The Morgan fingerprint density at radius 1 is 1.67 bits per heavy atom. The molecule has 0 saturated carbocycles. The number of rotatable bonds is 3. The summed E-state index contributed by atoms with van der Waals surface area (Å²) in [4.78, 5) is 0. The third-order valence-electron chi connectivity index (χ3n) is 2.87. The van der Waals surface area contributed by atoms with Crippen molar-refractivity contribution in [3.8, 4) is 12.3 Å². The molecule has 0 spiro atoms. The van der Waals surface area contributed by atoms with E-state index in [1.165, 1.54) is 0 Å². The van der Waals surface area contributed by atoms with Crippen LogP contribution >= 0.6 is 0 Å². The van der Waals surface area contributed by atoms with Crippen molar-refractivity contribution in [2.24, 2.45) is 5.41 Å². The van der Waals surface area contributed by atoms with Crippen molar-refractivity contribution in [1.29, 1.82) is 0 Å². The lowest BCUT2D eigenvalue weighted by Gasteiger charge is -2.22. The van der Waals surface area contributed by atoms with Crippen LogP contribution in [-0.2, 0) is 0 Å². The summed E-state index contributed by atoms with van der Waals surface area (Å²) in [6.07, 6.45) is 10.3. The second kappa shape index (κ2) is 3.33. The normalized spacial score (nSPS) is 32.8. The number of terminal acetylenes is 1. The highest BCUT2D eigenvalue weighted by atomic mass is 15.2. The van der Waals surface area contributed by atoms with Crippen LogP contribution in [0.15, 0.2) is 12.2 Å². The topological polar surface area (TPSA) is 21.9 Å². The van der Waals surface area contributed by atoms with Gasteiger partial charge in [-0.3, -0.25) is 0 Å². The molecule has 12 heavy (non-hydrogen) atoms. The second-order valence-corrected chi connectivity index (χ2v) is 3.79. The molecule has 1 rings (SSSR count). The lowest BCUT2D eigenvalue weighted by Crippen LogP contribution is -2.22. The maximum absolute atomic E-state index is 5.19. The Morgan fingerprint density at radius 3 is 2.58 bits per heavy atom. The van der Waals surface area contributed by atoms with Gasteiger partial charge in [0, 0.05) is 17.5 Å². The first-order valence-electron chi connectivity index (χ1n) is 4.54. The average Bonchev–Trinajstić information content (AvgIpc) is 2.79. The van der Waals surface area contributed by atoms with Crippen LogP contribution in [0.4, 0.5) is 0 Å². The summed E-state index contributed by atoms with van der Waals surface area (Å²) in [7, 11) is 0. The lowest BCUT2D eigenvalue weighted by atomic mass is 9.82. The summed E-state index contributed by atoms with van der Waals surface area (Å²) in [6.45, 7) is 6.66. The third-order valence-corrected chi connectivity index (χ3v) is 2.87. The fourth-order valence-corrected chi connectivity index (χ4v) is 1.67. The van der Waals surface area contributed by atoms with Crippen LogP contribution in [-0.4, -0.2) is 12.1 Å². The monoisotopic (exact) mass is 163 g/mol. The van der Waals surface area contributed by atoms with Crippen molar-refractivity contribution in [1.82, 2.24) is 5.32 Å². The van der Waals surface area contributed by atoms with Gasteiger partial charge in [0.1, 0.15) is 0 Å². The summed E-state index contributed by atoms with van der Waals surface area (Å²) < 4.78 is 0. The van der Waals surface area contributed by atoms with Crippen LogP contribution in [0.25, 0.3) is 0 Å². The van der Waals surface area contributed by atoms with E-state index >= 15 is 0 Å². The van der Waals surface area contributed by atoms with Crippen molar-refractivity contribution in [2.45, 2.75) is 39.3 Å². The van der Waals surface area contributed by atoms with Crippen molar-refractivity contribution < 1.29 is 0 Å². The van der Waals surface area contributed by atoms with Gasteiger partial charge in [-0.25, -0.2) is 0 Å². The molecule has 1 fully saturated rings. The van der Waals surface area contributed by atoms with Gasteiger partial charge in [0.15, 0.2) is 0 Å².